The van der Waals surface area contributed by atoms with E-state index in [1.165, 1.54) is 4.90 Å². The predicted molar refractivity (Wildman–Crippen MR) is 72.1 cm³/mol. The van der Waals surface area contributed by atoms with Crippen molar-refractivity contribution in [1.82, 2.24) is 4.90 Å². The molecule has 0 saturated carbocycles. The highest BCUT2D eigenvalue weighted by Gasteiger charge is 2.29. The van der Waals surface area contributed by atoms with E-state index in [0.29, 0.717) is 0 Å². The topological polar surface area (TPSA) is 49.4 Å². The summed E-state index contributed by atoms with van der Waals surface area (Å²) in [7, 11) is 0. The van der Waals surface area contributed by atoms with Crippen molar-refractivity contribution in [2.45, 2.75) is 6.92 Å². The fraction of sp³-hybridized carbons (Fsp3) is 0.273. The van der Waals surface area contributed by atoms with Crippen LogP contribution in [0.2, 0.25) is 0 Å². The summed E-state index contributed by atoms with van der Waals surface area (Å²) in [5.41, 5.74) is 1.98. The lowest BCUT2D eigenvalue weighted by atomic mass is 10.2. The number of nitrogens with zero attached hydrogens (tertiary/aromatic N) is 1. The van der Waals surface area contributed by atoms with Crippen LogP contribution < -0.4 is 5.32 Å². The number of hydrogen-bond donors (Lipinski definition) is 1. The molecule has 0 radical (unpaired) electrons. The van der Waals surface area contributed by atoms with Crippen LogP contribution in [0.25, 0.3) is 0 Å². The van der Waals surface area contributed by atoms with Crippen LogP contribution in [-0.4, -0.2) is 28.5 Å². The number of nitrogens with one attached hydrogen (secondary N) is 1. The van der Waals surface area contributed by atoms with Crippen LogP contribution in [0.3, 0.4) is 0 Å². The Hall–Kier alpha value is -1.01. The number of aryl methyl sites for hydroxylation is 1. The maximum Gasteiger partial charge on any atom is 0.290 e. The van der Waals surface area contributed by atoms with Gasteiger partial charge in [0.25, 0.3) is 5.24 Å². The predicted octanol–water partition coefficient (Wildman–Crippen LogP) is 2.82. The molecule has 17 heavy (non-hydrogen) atoms. The molecule has 1 aromatic rings. The number of benzene rings is 1. The van der Waals surface area contributed by atoms with Crippen LogP contribution >= 0.6 is 27.7 Å². The summed E-state index contributed by atoms with van der Waals surface area (Å²) in [5.74, 6) is 0.113. The van der Waals surface area contributed by atoms with Crippen molar-refractivity contribution in [2.75, 3.05) is 17.7 Å². The van der Waals surface area contributed by atoms with Crippen molar-refractivity contribution < 1.29 is 9.59 Å². The Bertz CT molecular complexity index is 463. The molecule has 4 nitrogen and oxygen atoms in total. The first-order chi connectivity index (χ1) is 8.08. The summed E-state index contributed by atoms with van der Waals surface area (Å²) >= 11 is 4.43. The Morgan fingerprint density at radius 2 is 2.24 bits per heavy atom. The molecule has 1 fully saturated rings. The number of halogens is 1. The quantitative estimate of drug-likeness (QED) is 0.932. The number of carbonyl (C=O) groups excluding carboxylic acids is 2. The third-order valence-electron chi connectivity index (χ3n) is 2.46. The van der Waals surface area contributed by atoms with E-state index in [2.05, 4.69) is 21.2 Å². The summed E-state index contributed by atoms with van der Waals surface area (Å²) in [4.78, 5) is 24.0. The van der Waals surface area contributed by atoms with Crippen molar-refractivity contribution in [3.8, 4) is 0 Å². The van der Waals surface area contributed by atoms with E-state index in [1.807, 2.05) is 25.1 Å². The molecule has 0 bridgehead atoms. The SMILES string of the molecule is Cc1cc(Br)ccc1NCN1C(=O)CSC1=O. The van der Waals surface area contributed by atoms with Gasteiger partial charge in [-0.2, -0.15) is 0 Å². The van der Waals surface area contributed by atoms with Gasteiger partial charge in [0, 0.05) is 10.2 Å². The Labute approximate surface area is 112 Å². The molecule has 1 saturated heterocycles. The molecule has 2 amide bonds. The minimum Gasteiger partial charge on any atom is -0.367 e. The van der Waals surface area contributed by atoms with Gasteiger partial charge in [-0.3, -0.25) is 14.5 Å². The monoisotopic (exact) mass is 314 g/mol. The zero-order valence-electron chi connectivity index (χ0n) is 9.20. The first-order valence-corrected chi connectivity index (χ1v) is 6.83. The number of anilines is 1. The van der Waals surface area contributed by atoms with Crippen LogP contribution in [0.4, 0.5) is 10.5 Å². The highest BCUT2D eigenvalue weighted by molar-refractivity contribution is 9.10. The first-order valence-electron chi connectivity index (χ1n) is 5.05. The largest absolute Gasteiger partial charge is 0.367 e. The summed E-state index contributed by atoms with van der Waals surface area (Å²) in [6.45, 7) is 2.20. The van der Waals surface area contributed by atoms with Crippen LogP contribution in [0.5, 0.6) is 0 Å². The molecule has 6 heteroatoms. The summed E-state index contributed by atoms with van der Waals surface area (Å²) in [6, 6.07) is 5.81. The Balaban J connectivity index is 2.02. The molecule has 0 spiro atoms. The average Bonchev–Trinajstić information content (AvgIpc) is 2.58. The third-order valence-corrected chi connectivity index (χ3v) is 3.81. The lowest BCUT2D eigenvalue weighted by molar-refractivity contribution is -0.124. The second kappa shape index (κ2) is 5.10. The van der Waals surface area contributed by atoms with E-state index in [0.717, 1.165) is 27.5 Å². The zero-order chi connectivity index (χ0) is 12.4. The zero-order valence-corrected chi connectivity index (χ0v) is 11.6. The van der Waals surface area contributed by atoms with Gasteiger partial charge >= 0.3 is 0 Å². The van der Waals surface area contributed by atoms with Crippen molar-refractivity contribution in [2.24, 2.45) is 0 Å². The smallest absolute Gasteiger partial charge is 0.290 e. The molecular formula is C11H11BrN2O2S. The molecule has 0 aromatic heterocycles. The van der Waals surface area contributed by atoms with E-state index in [1.54, 1.807) is 0 Å². The van der Waals surface area contributed by atoms with Crippen LogP contribution in [0.1, 0.15) is 5.56 Å². The fourth-order valence-electron chi connectivity index (χ4n) is 1.52. The molecule has 90 valence electrons. The van der Waals surface area contributed by atoms with E-state index in [-0.39, 0.29) is 23.6 Å². The van der Waals surface area contributed by atoms with Crippen LogP contribution in [0.15, 0.2) is 22.7 Å². The van der Waals surface area contributed by atoms with E-state index in [9.17, 15) is 9.59 Å². The number of imide groups is 1. The highest BCUT2D eigenvalue weighted by atomic mass is 79.9. The maximum absolute atomic E-state index is 11.4. The molecule has 1 aromatic carbocycles. The molecule has 1 heterocycles. The Morgan fingerprint density at radius 1 is 1.47 bits per heavy atom. The molecular weight excluding hydrogens is 304 g/mol. The van der Waals surface area contributed by atoms with Gasteiger partial charge < -0.3 is 5.32 Å². The lowest BCUT2D eigenvalue weighted by Gasteiger charge is -2.16. The summed E-state index contributed by atoms with van der Waals surface area (Å²) in [6.07, 6.45) is 0. The minimum atomic E-state index is -0.183. The average molecular weight is 315 g/mol. The first kappa shape index (κ1) is 12.4. The Kier molecular flexibility index (Phi) is 3.73. The number of carbonyl (C=O) groups is 2. The standard InChI is InChI=1S/C11H11BrN2O2S/c1-7-4-8(12)2-3-9(7)13-6-14-10(15)5-17-11(14)16/h2-4,13H,5-6H2,1H3. The normalized spacial score (nSPS) is 15.5. The number of hydrogen-bond acceptors (Lipinski definition) is 4. The Morgan fingerprint density at radius 3 is 2.82 bits per heavy atom. The van der Waals surface area contributed by atoms with Crippen LogP contribution in [-0.2, 0) is 4.79 Å². The molecule has 1 aliphatic rings. The highest BCUT2D eigenvalue weighted by Crippen LogP contribution is 2.22. The summed E-state index contributed by atoms with van der Waals surface area (Å²) in [5, 5.41) is 2.91. The van der Waals surface area contributed by atoms with Gasteiger partial charge in [-0.25, -0.2) is 0 Å². The van der Waals surface area contributed by atoms with Gasteiger partial charge in [-0.1, -0.05) is 27.7 Å². The van der Waals surface area contributed by atoms with Crippen molar-refractivity contribution in [3.05, 3.63) is 28.2 Å². The molecule has 1 aliphatic heterocycles. The second-order valence-electron chi connectivity index (χ2n) is 3.67. The van der Waals surface area contributed by atoms with Crippen molar-refractivity contribution in [3.63, 3.8) is 0 Å². The van der Waals surface area contributed by atoms with E-state index in [4.69, 9.17) is 0 Å². The van der Waals surface area contributed by atoms with E-state index < -0.39 is 0 Å². The molecule has 0 unspecified atom stereocenters. The maximum atomic E-state index is 11.4. The summed E-state index contributed by atoms with van der Waals surface area (Å²) < 4.78 is 1.00. The van der Waals surface area contributed by atoms with Crippen LogP contribution in [0, 0.1) is 6.92 Å². The molecule has 1 N–H and O–H groups in total. The second-order valence-corrected chi connectivity index (χ2v) is 5.51. The lowest BCUT2D eigenvalue weighted by Crippen LogP contribution is -2.33. The molecule has 2 rings (SSSR count). The number of thioether (sulfide) groups is 1. The van der Waals surface area contributed by atoms with Gasteiger partial charge in [0.2, 0.25) is 5.91 Å². The van der Waals surface area contributed by atoms with Gasteiger partial charge in [0.05, 0.1) is 12.4 Å². The van der Waals surface area contributed by atoms with Gasteiger partial charge in [-0.15, -0.1) is 0 Å². The fourth-order valence-corrected chi connectivity index (χ4v) is 2.72. The van der Waals surface area contributed by atoms with Gasteiger partial charge in [0.1, 0.15) is 0 Å². The number of rotatable bonds is 3. The van der Waals surface area contributed by atoms with Crippen molar-refractivity contribution >= 4 is 44.5 Å². The molecule has 0 atom stereocenters. The molecule has 0 aliphatic carbocycles. The minimum absolute atomic E-state index is 0.137. The van der Waals surface area contributed by atoms with E-state index >= 15 is 0 Å². The third kappa shape index (κ3) is 2.81. The van der Waals surface area contributed by atoms with Gasteiger partial charge in [0.15, 0.2) is 0 Å². The number of amides is 2. The van der Waals surface area contributed by atoms with Gasteiger partial charge in [-0.05, 0) is 30.7 Å². The van der Waals surface area contributed by atoms with Crippen molar-refractivity contribution in [1.29, 1.82) is 0 Å².